The zero-order valence-electron chi connectivity index (χ0n) is 14.2. The molecule has 0 aromatic heterocycles. The molecule has 0 saturated carbocycles. The fraction of sp³-hybridized carbons (Fsp3) is 0.300. The second kappa shape index (κ2) is 4.49. The summed E-state index contributed by atoms with van der Waals surface area (Å²) in [5.41, 5.74) is 0.818. The molecule has 2 spiro atoms. The molecule has 25 heavy (non-hydrogen) atoms. The van der Waals surface area contributed by atoms with E-state index in [1.54, 1.807) is 9.80 Å². The van der Waals surface area contributed by atoms with Crippen molar-refractivity contribution in [1.29, 1.82) is 0 Å². The summed E-state index contributed by atoms with van der Waals surface area (Å²) < 4.78 is 6.17. The Hall–Kier alpha value is -2.66. The van der Waals surface area contributed by atoms with Crippen molar-refractivity contribution in [3.05, 3.63) is 59.7 Å². The van der Waals surface area contributed by atoms with Crippen LogP contribution >= 0.6 is 0 Å². The van der Waals surface area contributed by atoms with Crippen LogP contribution in [0.5, 0.6) is 0 Å². The number of anilines is 2. The molecule has 3 heterocycles. The molecular formula is C20H18N2O3. The number of ether oxygens (including phenoxy) is 1. The Kier molecular flexibility index (Phi) is 2.63. The van der Waals surface area contributed by atoms with Gasteiger partial charge in [-0.2, -0.15) is 0 Å². The molecule has 2 amide bonds. The maximum atomic E-state index is 13.3. The van der Waals surface area contributed by atoms with E-state index in [1.807, 2.05) is 62.4 Å². The van der Waals surface area contributed by atoms with Gasteiger partial charge in [-0.05, 0) is 26.0 Å². The van der Waals surface area contributed by atoms with Crippen molar-refractivity contribution in [2.75, 3.05) is 22.9 Å². The largest absolute Gasteiger partial charge is 0.331 e. The van der Waals surface area contributed by atoms with Gasteiger partial charge in [-0.3, -0.25) is 9.59 Å². The zero-order chi connectivity index (χ0) is 17.4. The maximum absolute atomic E-state index is 13.3. The average Bonchev–Trinajstić information content (AvgIpc) is 3.21. The van der Waals surface area contributed by atoms with Crippen molar-refractivity contribution in [1.82, 2.24) is 0 Å². The molecule has 3 aliphatic heterocycles. The summed E-state index contributed by atoms with van der Waals surface area (Å²) in [6, 6.07) is 15.3. The molecule has 0 N–H and O–H groups in total. The minimum Gasteiger partial charge on any atom is -0.331 e. The van der Waals surface area contributed by atoms with Gasteiger partial charge < -0.3 is 14.5 Å². The molecule has 2 atom stereocenters. The van der Waals surface area contributed by atoms with Crippen LogP contribution in [0.25, 0.3) is 0 Å². The summed E-state index contributed by atoms with van der Waals surface area (Å²) in [4.78, 5) is 30.1. The molecule has 3 aliphatic rings. The van der Waals surface area contributed by atoms with Crippen molar-refractivity contribution in [2.24, 2.45) is 0 Å². The summed E-state index contributed by atoms with van der Waals surface area (Å²) in [5, 5.41) is 0. The van der Waals surface area contributed by atoms with Crippen LogP contribution in [0.15, 0.2) is 48.5 Å². The van der Waals surface area contributed by atoms with E-state index in [4.69, 9.17) is 4.74 Å². The number of para-hydroxylation sites is 2. The van der Waals surface area contributed by atoms with Gasteiger partial charge in [0.1, 0.15) is 0 Å². The third kappa shape index (κ3) is 1.37. The molecule has 0 radical (unpaired) electrons. The molecule has 126 valence electrons. The first-order valence-electron chi connectivity index (χ1n) is 8.66. The van der Waals surface area contributed by atoms with E-state index in [0.717, 1.165) is 22.5 Å². The summed E-state index contributed by atoms with van der Waals surface area (Å²) >= 11 is 0. The molecule has 5 heteroatoms. The fourth-order valence-corrected chi connectivity index (χ4v) is 4.55. The first kappa shape index (κ1) is 14.7. The fourth-order valence-electron chi connectivity index (χ4n) is 4.55. The molecule has 5 nitrogen and oxygen atoms in total. The van der Waals surface area contributed by atoms with Crippen molar-refractivity contribution in [3.63, 3.8) is 0 Å². The van der Waals surface area contributed by atoms with Gasteiger partial charge in [0.05, 0.1) is 11.4 Å². The zero-order valence-corrected chi connectivity index (χ0v) is 14.2. The van der Waals surface area contributed by atoms with Crippen LogP contribution in [-0.4, -0.2) is 24.9 Å². The van der Waals surface area contributed by atoms with Crippen molar-refractivity contribution in [3.8, 4) is 0 Å². The number of hydrogen-bond acceptors (Lipinski definition) is 3. The monoisotopic (exact) mass is 334 g/mol. The standard InChI is InChI=1S/C20H18N2O3/c1-3-21-15-11-7-5-9-13(15)19(17(21)23)20(25-19)14-10-6-8-12-16(14)22(4-2)18(20)24/h5-12H,3-4H2,1-2H3. The Morgan fingerprint density at radius 1 is 0.760 bits per heavy atom. The van der Waals surface area contributed by atoms with Gasteiger partial charge in [0, 0.05) is 24.2 Å². The number of epoxide rings is 1. The van der Waals surface area contributed by atoms with Crippen molar-refractivity contribution >= 4 is 23.2 Å². The first-order valence-corrected chi connectivity index (χ1v) is 8.66. The Morgan fingerprint density at radius 3 is 1.56 bits per heavy atom. The molecule has 1 fully saturated rings. The number of fused-ring (bicyclic) bond motifs is 5. The average molecular weight is 334 g/mol. The minimum absolute atomic E-state index is 0.141. The van der Waals surface area contributed by atoms with E-state index in [1.165, 1.54) is 0 Å². The molecule has 0 bridgehead atoms. The normalized spacial score (nSPS) is 28.9. The van der Waals surface area contributed by atoms with Gasteiger partial charge in [0.15, 0.2) is 0 Å². The van der Waals surface area contributed by atoms with E-state index in [9.17, 15) is 9.59 Å². The van der Waals surface area contributed by atoms with Gasteiger partial charge in [-0.25, -0.2) is 0 Å². The summed E-state index contributed by atoms with van der Waals surface area (Å²) in [6.07, 6.45) is 0. The highest BCUT2D eigenvalue weighted by molar-refractivity contribution is 6.20. The van der Waals surface area contributed by atoms with Crippen LogP contribution in [0.4, 0.5) is 11.4 Å². The molecule has 1 saturated heterocycles. The molecular weight excluding hydrogens is 316 g/mol. The maximum Gasteiger partial charge on any atom is 0.268 e. The topological polar surface area (TPSA) is 53.2 Å². The SMILES string of the molecule is CCN1C(=O)C2(OC23C(=O)N(CC)c2ccccc23)c2ccccc21. The highest BCUT2D eigenvalue weighted by atomic mass is 16.6. The third-order valence-electron chi connectivity index (χ3n) is 5.63. The lowest BCUT2D eigenvalue weighted by atomic mass is 9.83. The molecule has 2 unspecified atom stereocenters. The van der Waals surface area contributed by atoms with Crippen LogP contribution in [-0.2, 0) is 25.5 Å². The Labute approximate surface area is 145 Å². The van der Waals surface area contributed by atoms with Crippen molar-refractivity contribution in [2.45, 2.75) is 25.0 Å². The smallest absolute Gasteiger partial charge is 0.268 e. The predicted octanol–water partition coefficient (Wildman–Crippen LogP) is 2.54. The van der Waals surface area contributed by atoms with E-state index in [2.05, 4.69) is 0 Å². The van der Waals surface area contributed by atoms with Gasteiger partial charge in [-0.15, -0.1) is 0 Å². The summed E-state index contributed by atoms with van der Waals surface area (Å²) in [5.74, 6) is -0.283. The number of carbonyl (C=O) groups excluding carboxylic acids is 2. The second-order valence-corrected chi connectivity index (χ2v) is 6.60. The van der Waals surface area contributed by atoms with Crippen LogP contribution in [0, 0.1) is 0 Å². The van der Waals surface area contributed by atoms with Crippen LogP contribution in [0.1, 0.15) is 25.0 Å². The minimum atomic E-state index is -1.23. The Bertz CT molecular complexity index is 865. The lowest BCUT2D eigenvalue weighted by molar-refractivity contribution is -0.125. The quantitative estimate of drug-likeness (QED) is 0.793. The number of rotatable bonds is 2. The van der Waals surface area contributed by atoms with E-state index in [-0.39, 0.29) is 11.8 Å². The van der Waals surface area contributed by atoms with E-state index >= 15 is 0 Å². The highest BCUT2D eigenvalue weighted by Crippen LogP contribution is 2.71. The molecule has 2 aromatic carbocycles. The summed E-state index contributed by atoms with van der Waals surface area (Å²) in [6.45, 7) is 4.96. The van der Waals surface area contributed by atoms with Crippen molar-refractivity contribution < 1.29 is 14.3 Å². The van der Waals surface area contributed by atoms with Crippen LogP contribution in [0.3, 0.4) is 0 Å². The highest BCUT2D eigenvalue weighted by Gasteiger charge is 2.86. The number of amides is 2. The lowest BCUT2D eigenvalue weighted by Crippen LogP contribution is -2.41. The first-order chi connectivity index (χ1) is 12.1. The molecule has 5 rings (SSSR count). The Morgan fingerprint density at radius 2 is 1.16 bits per heavy atom. The molecule has 0 aliphatic carbocycles. The Balaban J connectivity index is 1.77. The summed E-state index contributed by atoms with van der Waals surface area (Å²) in [7, 11) is 0. The predicted molar refractivity (Wildman–Crippen MR) is 93.4 cm³/mol. The van der Waals surface area contributed by atoms with Gasteiger partial charge in [0.25, 0.3) is 11.8 Å². The number of carbonyl (C=O) groups is 2. The third-order valence-corrected chi connectivity index (χ3v) is 5.63. The number of likely N-dealkylation sites (N-methyl/N-ethyl adjacent to an activating group) is 2. The van der Waals surface area contributed by atoms with Crippen LogP contribution < -0.4 is 9.80 Å². The van der Waals surface area contributed by atoms with E-state index in [0.29, 0.717) is 13.1 Å². The van der Waals surface area contributed by atoms with Crippen LogP contribution in [0.2, 0.25) is 0 Å². The van der Waals surface area contributed by atoms with Gasteiger partial charge in [-0.1, -0.05) is 36.4 Å². The number of nitrogens with zero attached hydrogens (tertiary/aromatic N) is 2. The van der Waals surface area contributed by atoms with Gasteiger partial charge in [0.2, 0.25) is 11.2 Å². The molecule has 2 aromatic rings. The van der Waals surface area contributed by atoms with E-state index < -0.39 is 11.2 Å². The second-order valence-electron chi connectivity index (χ2n) is 6.60. The lowest BCUT2D eigenvalue weighted by Gasteiger charge is -2.15. The number of benzene rings is 2. The van der Waals surface area contributed by atoms with Gasteiger partial charge >= 0.3 is 0 Å². The number of hydrogen-bond donors (Lipinski definition) is 0.